The quantitative estimate of drug-likeness (QED) is 0.888. The molecule has 0 unspecified atom stereocenters. The van der Waals surface area contributed by atoms with E-state index in [4.69, 9.17) is 0 Å². The van der Waals surface area contributed by atoms with Gasteiger partial charge in [-0.05, 0) is 50.8 Å². The first kappa shape index (κ1) is 15.6. The van der Waals surface area contributed by atoms with E-state index in [-0.39, 0.29) is 18.1 Å². The van der Waals surface area contributed by atoms with Gasteiger partial charge in [0.2, 0.25) is 0 Å². The predicted molar refractivity (Wildman–Crippen MR) is 91.4 cm³/mol. The van der Waals surface area contributed by atoms with Gasteiger partial charge in [0.1, 0.15) is 0 Å². The molecule has 0 aliphatic heterocycles. The smallest absolute Gasteiger partial charge is 0.322 e. The van der Waals surface area contributed by atoms with Gasteiger partial charge in [0.15, 0.2) is 0 Å². The van der Waals surface area contributed by atoms with Crippen molar-refractivity contribution in [1.82, 2.24) is 15.1 Å². The molecule has 5 heteroatoms. The van der Waals surface area contributed by atoms with Crippen molar-refractivity contribution in [2.24, 2.45) is 5.92 Å². The van der Waals surface area contributed by atoms with Crippen molar-refractivity contribution < 1.29 is 4.79 Å². The lowest BCUT2D eigenvalue weighted by molar-refractivity contribution is 0.238. The van der Waals surface area contributed by atoms with Crippen molar-refractivity contribution in [2.45, 2.75) is 38.8 Å². The fourth-order valence-electron chi connectivity index (χ4n) is 2.62. The van der Waals surface area contributed by atoms with Crippen LogP contribution in [0.5, 0.6) is 0 Å². The van der Waals surface area contributed by atoms with Crippen LogP contribution in [0.4, 0.5) is 10.5 Å². The van der Waals surface area contributed by atoms with Gasteiger partial charge in [-0.2, -0.15) is 5.10 Å². The molecule has 0 radical (unpaired) electrons. The summed E-state index contributed by atoms with van der Waals surface area (Å²) in [5.41, 5.74) is 0.954. The lowest BCUT2D eigenvalue weighted by Crippen LogP contribution is -2.47. The first-order valence-corrected chi connectivity index (χ1v) is 8.27. The minimum Gasteiger partial charge on any atom is -0.333 e. The van der Waals surface area contributed by atoms with Gasteiger partial charge in [0.05, 0.1) is 6.04 Å². The molecule has 0 saturated heterocycles. The molecule has 2 amide bonds. The monoisotopic (exact) mass is 312 g/mol. The Bertz CT molecular complexity index is 622. The summed E-state index contributed by atoms with van der Waals surface area (Å²) in [6.07, 6.45) is 6.12. The molecule has 1 N–H and O–H groups in total. The van der Waals surface area contributed by atoms with E-state index in [0.717, 1.165) is 12.2 Å². The lowest BCUT2D eigenvalue weighted by Gasteiger charge is -2.28. The third-order valence-corrected chi connectivity index (χ3v) is 4.47. The van der Waals surface area contributed by atoms with Crippen LogP contribution < -0.4 is 10.2 Å². The highest BCUT2D eigenvalue weighted by molar-refractivity contribution is 5.92. The maximum atomic E-state index is 12.8. The molecular formula is C18H24N4O. The zero-order valence-electron chi connectivity index (χ0n) is 13.7. The Morgan fingerprint density at radius 1 is 1.30 bits per heavy atom. The topological polar surface area (TPSA) is 50.2 Å². The fourth-order valence-corrected chi connectivity index (χ4v) is 2.62. The van der Waals surface area contributed by atoms with Gasteiger partial charge in [-0.15, -0.1) is 0 Å². The van der Waals surface area contributed by atoms with Crippen LogP contribution in [0.2, 0.25) is 0 Å². The van der Waals surface area contributed by atoms with Gasteiger partial charge in [-0.1, -0.05) is 18.2 Å². The summed E-state index contributed by atoms with van der Waals surface area (Å²) in [5.74, 6) is 0.639. The first-order chi connectivity index (χ1) is 11.1. The third kappa shape index (κ3) is 3.92. The minimum absolute atomic E-state index is 0.00665. The Morgan fingerprint density at radius 2 is 2.04 bits per heavy atom. The van der Waals surface area contributed by atoms with E-state index in [1.165, 1.54) is 12.8 Å². The summed E-state index contributed by atoms with van der Waals surface area (Å²) in [7, 11) is 0. The van der Waals surface area contributed by atoms with E-state index >= 15 is 0 Å². The number of aromatic nitrogens is 2. The van der Waals surface area contributed by atoms with Crippen LogP contribution in [0.15, 0.2) is 48.8 Å². The van der Waals surface area contributed by atoms with Gasteiger partial charge in [-0.3, -0.25) is 9.58 Å². The van der Waals surface area contributed by atoms with Crippen LogP contribution >= 0.6 is 0 Å². The average molecular weight is 312 g/mol. The number of anilines is 1. The molecule has 3 rings (SSSR count). The molecule has 5 nitrogen and oxygen atoms in total. The molecule has 0 bridgehead atoms. The molecular weight excluding hydrogens is 288 g/mol. The van der Waals surface area contributed by atoms with Crippen molar-refractivity contribution in [3.63, 3.8) is 0 Å². The van der Waals surface area contributed by atoms with E-state index in [0.29, 0.717) is 5.92 Å². The zero-order chi connectivity index (χ0) is 16.2. The number of hydrogen-bond acceptors (Lipinski definition) is 2. The fraction of sp³-hybridized carbons (Fsp3) is 0.444. The molecule has 1 fully saturated rings. The van der Waals surface area contributed by atoms with E-state index in [1.807, 2.05) is 59.1 Å². The van der Waals surface area contributed by atoms with Gasteiger partial charge in [0.25, 0.3) is 0 Å². The molecule has 1 aromatic heterocycles. The molecule has 0 spiro atoms. The number of para-hydroxylation sites is 1. The van der Waals surface area contributed by atoms with Crippen LogP contribution in [0.25, 0.3) is 0 Å². The van der Waals surface area contributed by atoms with Crippen LogP contribution in [0, 0.1) is 5.92 Å². The maximum Gasteiger partial charge on any atom is 0.322 e. The number of benzene rings is 1. The number of carbonyl (C=O) groups is 1. The lowest BCUT2D eigenvalue weighted by atomic mass is 10.2. The Morgan fingerprint density at radius 3 is 2.65 bits per heavy atom. The van der Waals surface area contributed by atoms with Crippen molar-refractivity contribution in [3.8, 4) is 0 Å². The Labute approximate surface area is 137 Å². The van der Waals surface area contributed by atoms with E-state index in [1.54, 1.807) is 6.20 Å². The van der Waals surface area contributed by atoms with Crippen molar-refractivity contribution in [1.29, 1.82) is 0 Å². The number of hydrogen-bond donors (Lipinski definition) is 1. The summed E-state index contributed by atoms with van der Waals surface area (Å²) in [5, 5.41) is 7.38. The summed E-state index contributed by atoms with van der Waals surface area (Å²) < 4.78 is 1.87. The SMILES string of the molecule is C[C@H]([C@@H](C)NC(=O)N(CC1CC1)c1ccccc1)n1cccn1. The average Bonchev–Trinajstić information content (AvgIpc) is 3.22. The molecule has 1 saturated carbocycles. The standard InChI is InChI=1S/C18H24N4O/c1-14(15(2)22-12-6-11-19-22)20-18(23)21(13-16-9-10-16)17-7-4-3-5-8-17/h3-8,11-12,14-16H,9-10,13H2,1-2H3,(H,20,23)/t14-,15-/m1/s1. The molecule has 1 heterocycles. The van der Waals surface area contributed by atoms with Crippen LogP contribution in [-0.4, -0.2) is 28.4 Å². The van der Waals surface area contributed by atoms with Gasteiger partial charge in [-0.25, -0.2) is 4.79 Å². The second kappa shape index (κ2) is 6.86. The molecule has 2 atom stereocenters. The molecule has 2 aromatic rings. The summed E-state index contributed by atoms with van der Waals surface area (Å²) in [4.78, 5) is 14.6. The van der Waals surface area contributed by atoms with E-state index in [2.05, 4.69) is 17.3 Å². The molecule has 1 aromatic carbocycles. The van der Waals surface area contributed by atoms with Gasteiger partial charge >= 0.3 is 6.03 Å². The number of nitrogens with zero attached hydrogens (tertiary/aromatic N) is 3. The van der Waals surface area contributed by atoms with E-state index in [9.17, 15) is 4.79 Å². The highest BCUT2D eigenvalue weighted by atomic mass is 16.2. The highest BCUT2D eigenvalue weighted by Crippen LogP contribution is 2.31. The van der Waals surface area contributed by atoms with E-state index < -0.39 is 0 Å². The number of amides is 2. The molecule has 1 aliphatic carbocycles. The Kier molecular flexibility index (Phi) is 4.65. The van der Waals surface area contributed by atoms with Crippen molar-refractivity contribution in [2.75, 3.05) is 11.4 Å². The number of urea groups is 1. The first-order valence-electron chi connectivity index (χ1n) is 8.27. The Hall–Kier alpha value is -2.30. The number of carbonyl (C=O) groups excluding carboxylic acids is 1. The minimum atomic E-state index is -0.0328. The van der Waals surface area contributed by atoms with Crippen LogP contribution in [-0.2, 0) is 0 Å². The predicted octanol–water partition coefficient (Wildman–Crippen LogP) is 3.46. The summed E-state index contributed by atoms with van der Waals surface area (Å²) in [6, 6.07) is 11.9. The normalized spacial score (nSPS) is 16.6. The van der Waals surface area contributed by atoms with Crippen molar-refractivity contribution in [3.05, 3.63) is 48.8 Å². The summed E-state index contributed by atoms with van der Waals surface area (Å²) in [6.45, 7) is 4.87. The second-order valence-corrected chi connectivity index (χ2v) is 6.35. The highest BCUT2D eigenvalue weighted by Gasteiger charge is 2.29. The van der Waals surface area contributed by atoms with Crippen molar-refractivity contribution >= 4 is 11.7 Å². The molecule has 23 heavy (non-hydrogen) atoms. The Balaban J connectivity index is 1.68. The number of rotatable bonds is 6. The third-order valence-electron chi connectivity index (χ3n) is 4.47. The van der Waals surface area contributed by atoms with Crippen LogP contribution in [0.1, 0.15) is 32.7 Å². The number of nitrogens with one attached hydrogen (secondary N) is 1. The van der Waals surface area contributed by atoms with Crippen LogP contribution in [0.3, 0.4) is 0 Å². The summed E-state index contributed by atoms with van der Waals surface area (Å²) >= 11 is 0. The largest absolute Gasteiger partial charge is 0.333 e. The maximum absolute atomic E-state index is 12.8. The zero-order valence-corrected chi connectivity index (χ0v) is 13.7. The molecule has 122 valence electrons. The van der Waals surface area contributed by atoms with Gasteiger partial charge < -0.3 is 5.32 Å². The molecule has 1 aliphatic rings. The second-order valence-electron chi connectivity index (χ2n) is 6.35. The van der Waals surface area contributed by atoms with Gasteiger partial charge in [0, 0.05) is 30.7 Å².